The van der Waals surface area contributed by atoms with Gasteiger partial charge in [-0.2, -0.15) is 0 Å². The van der Waals surface area contributed by atoms with Crippen molar-refractivity contribution < 1.29 is 9.53 Å². The lowest BCUT2D eigenvalue weighted by Crippen LogP contribution is -2.42. The van der Waals surface area contributed by atoms with Crippen molar-refractivity contribution in [3.05, 3.63) is 35.9 Å². The van der Waals surface area contributed by atoms with Gasteiger partial charge in [-0.15, -0.1) is 0 Å². The third kappa shape index (κ3) is 2.20. The van der Waals surface area contributed by atoms with Crippen LogP contribution in [0.2, 0.25) is 0 Å². The second-order valence-electron chi connectivity index (χ2n) is 5.01. The van der Waals surface area contributed by atoms with E-state index in [1.54, 1.807) is 0 Å². The van der Waals surface area contributed by atoms with Crippen molar-refractivity contribution in [2.45, 2.75) is 38.0 Å². The van der Waals surface area contributed by atoms with Gasteiger partial charge in [-0.05, 0) is 30.7 Å². The van der Waals surface area contributed by atoms with E-state index in [9.17, 15) is 4.79 Å². The molecule has 1 aliphatic carbocycles. The molecule has 1 saturated carbocycles. The summed E-state index contributed by atoms with van der Waals surface area (Å²) in [7, 11) is 0. The Hall–Kier alpha value is -1.35. The van der Waals surface area contributed by atoms with Gasteiger partial charge >= 0.3 is 5.97 Å². The van der Waals surface area contributed by atoms with E-state index in [4.69, 9.17) is 4.74 Å². The zero-order chi connectivity index (χ0) is 11.7. The molecular formula is C14H17NO2. The number of piperidine rings is 1. The Morgan fingerprint density at radius 2 is 2.12 bits per heavy atom. The summed E-state index contributed by atoms with van der Waals surface area (Å²) in [6, 6.07) is 10.3. The van der Waals surface area contributed by atoms with E-state index in [0.717, 1.165) is 12.0 Å². The summed E-state index contributed by atoms with van der Waals surface area (Å²) in [5, 5.41) is 3.35. The normalized spacial score (nSPS) is 30.5. The Balaban J connectivity index is 1.54. The van der Waals surface area contributed by atoms with Crippen molar-refractivity contribution >= 4 is 5.97 Å². The maximum Gasteiger partial charge on any atom is 0.323 e. The first-order chi connectivity index (χ1) is 8.33. The van der Waals surface area contributed by atoms with E-state index in [-0.39, 0.29) is 12.0 Å². The lowest BCUT2D eigenvalue weighted by atomic mass is 10.0. The van der Waals surface area contributed by atoms with Crippen LogP contribution in [0.3, 0.4) is 0 Å². The van der Waals surface area contributed by atoms with Gasteiger partial charge < -0.3 is 10.1 Å². The SMILES string of the molecule is O=C(OCc1ccccc1)C1NC2CCC1C2. The van der Waals surface area contributed by atoms with Crippen LogP contribution in [-0.4, -0.2) is 18.1 Å². The number of nitrogens with one attached hydrogen (secondary N) is 1. The molecule has 3 atom stereocenters. The van der Waals surface area contributed by atoms with Gasteiger partial charge in [-0.25, -0.2) is 0 Å². The van der Waals surface area contributed by atoms with Gasteiger partial charge in [-0.1, -0.05) is 30.3 Å². The zero-order valence-electron chi connectivity index (χ0n) is 9.76. The molecule has 0 spiro atoms. The number of hydrogen-bond donors (Lipinski definition) is 1. The monoisotopic (exact) mass is 231 g/mol. The average molecular weight is 231 g/mol. The summed E-state index contributed by atoms with van der Waals surface area (Å²) in [6.07, 6.45) is 3.53. The fourth-order valence-electron chi connectivity index (χ4n) is 2.94. The number of fused-ring (bicyclic) bond motifs is 2. The number of esters is 1. The molecule has 3 rings (SSSR count). The highest BCUT2D eigenvalue weighted by Gasteiger charge is 2.43. The number of ether oxygens (including phenoxy) is 1. The lowest BCUT2D eigenvalue weighted by molar-refractivity contribution is -0.148. The quantitative estimate of drug-likeness (QED) is 0.807. The number of carbonyl (C=O) groups is 1. The Bertz CT molecular complexity index is 404. The molecule has 1 saturated heterocycles. The first kappa shape index (κ1) is 10.8. The molecule has 0 amide bonds. The predicted molar refractivity (Wildman–Crippen MR) is 64.3 cm³/mol. The van der Waals surface area contributed by atoms with Gasteiger partial charge in [0.1, 0.15) is 12.6 Å². The van der Waals surface area contributed by atoms with Crippen LogP contribution in [0, 0.1) is 5.92 Å². The molecule has 90 valence electrons. The van der Waals surface area contributed by atoms with Crippen molar-refractivity contribution in [3.63, 3.8) is 0 Å². The fourth-order valence-corrected chi connectivity index (χ4v) is 2.94. The van der Waals surface area contributed by atoms with E-state index in [1.165, 1.54) is 12.8 Å². The second-order valence-corrected chi connectivity index (χ2v) is 5.01. The van der Waals surface area contributed by atoms with Crippen LogP contribution in [0.4, 0.5) is 0 Å². The molecule has 0 radical (unpaired) electrons. The average Bonchev–Trinajstić information content (AvgIpc) is 2.99. The van der Waals surface area contributed by atoms with Crippen LogP contribution in [0.1, 0.15) is 24.8 Å². The number of hydrogen-bond acceptors (Lipinski definition) is 3. The van der Waals surface area contributed by atoms with Gasteiger partial charge in [0.25, 0.3) is 0 Å². The van der Waals surface area contributed by atoms with Gasteiger partial charge in [0.05, 0.1) is 0 Å². The predicted octanol–water partition coefficient (Wildman–Crippen LogP) is 1.87. The lowest BCUT2D eigenvalue weighted by Gasteiger charge is -2.21. The zero-order valence-corrected chi connectivity index (χ0v) is 9.76. The Morgan fingerprint density at radius 1 is 1.29 bits per heavy atom. The minimum Gasteiger partial charge on any atom is -0.460 e. The molecule has 1 N–H and O–H groups in total. The van der Waals surface area contributed by atoms with E-state index in [2.05, 4.69) is 5.32 Å². The largest absolute Gasteiger partial charge is 0.460 e. The molecule has 17 heavy (non-hydrogen) atoms. The van der Waals surface area contributed by atoms with Gasteiger partial charge in [-0.3, -0.25) is 4.79 Å². The molecular weight excluding hydrogens is 214 g/mol. The number of carbonyl (C=O) groups excluding carboxylic acids is 1. The molecule has 2 aliphatic rings. The standard InChI is InChI=1S/C14H17NO2/c16-14(13-11-6-7-12(8-11)15-13)17-9-10-4-2-1-3-5-10/h1-5,11-13,15H,6-9H2. The molecule has 1 aliphatic heterocycles. The first-order valence-electron chi connectivity index (χ1n) is 6.29. The van der Waals surface area contributed by atoms with Crippen LogP contribution in [0.5, 0.6) is 0 Å². The third-order valence-corrected chi connectivity index (χ3v) is 3.84. The molecule has 1 aromatic rings. The Kier molecular flexibility index (Phi) is 2.85. The van der Waals surface area contributed by atoms with Crippen LogP contribution in [0.25, 0.3) is 0 Å². The van der Waals surface area contributed by atoms with Crippen LogP contribution < -0.4 is 5.32 Å². The van der Waals surface area contributed by atoms with Crippen molar-refractivity contribution in [3.8, 4) is 0 Å². The smallest absolute Gasteiger partial charge is 0.323 e. The van der Waals surface area contributed by atoms with E-state index in [0.29, 0.717) is 18.6 Å². The van der Waals surface area contributed by atoms with Crippen molar-refractivity contribution in [2.75, 3.05) is 0 Å². The van der Waals surface area contributed by atoms with Crippen LogP contribution in [0.15, 0.2) is 30.3 Å². The summed E-state index contributed by atoms with van der Waals surface area (Å²) in [5.74, 6) is 0.421. The van der Waals surface area contributed by atoms with E-state index >= 15 is 0 Å². The van der Waals surface area contributed by atoms with Crippen LogP contribution in [-0.2, 0) is 16.1 Å². The van der Waals surface area contributed by atoms with Crippen molar-refractivity contribution in [2.24, 2.45) is 5.92 Å². The Labute approximate surface area is 101 Å². The molecule has 3 heteroatoms. The highest BCUT2D eigenvalue weighted by Crippen LogP contribution is 2.35. The third-order valence-electron chi connectivity index (χ3n) is 3.84. The maximum absolute atomic E-state index is 11.9. The van der Waals surface area contributed by atoms with Crippen LogP contribution >= 0.6 is 0 Å². The minimum atomic E-state index is -0.0824. The number of benzene rings is 1. The van der Waals surface area contributed by atoms with E-state index < -0.39 is 0 Å². The van der Waals surface area contributed by atoms with Gasteiger partial charge in [0.2, 0.25) is 0 Å². The summed E-state index contributed by atoms with van der Waals surface area (Å²) in [4.78, 5) is 11.9. The molecule has 1 aromatic carbocycles. The topological polar surface area (TPSA) is 38.3 Å². The minimum absolute atomic E-state index is 0.0579. The fraction of sp³-hybridized carbons (Fsp3) is 0.500. The molecule has 0 aromatic heterocycles. The summed E-state index contributed by atoms with van der Waals surface area (Å²) in [6.45, 7) is 0.384. The van der Waals surface area contributed by atoms with E-state index in [1.807, 2.05) is 30.3 Å². The summed E-state index contributed by atoms with van der Waals surface area (Å²) >= 11 is 0. The maximum atomic E-state index is 11.9. The van der Waals surface area contributed by atoms with Crippen molar-refractivity contribution in [1.82, 2.24) is 5.32 Å². The highest BCUT2D eigenvalue weighted by atomic mass is 16.5. The summed E-state index contributed by atoms with van der Waals surface area (Å²) in [5.41, 5.74) is 1.05. The number of rotatable bonds is 3. The molecule has 3 nitrogen and oxygen atoms in total. The Morgan fingerprint density at radius 3 is 2.76 bits per heavy atom. The second kappa shape index (κ2) is 4.49. The summed E-state index contributed by atoms with van der Waals surface area (Å²) < 4.78 is 5.36. The highest BCUT2D eigenvalue weighted by molar-refractivity contribution is 5.77. The van der Waals surface area contributed by atoms with Gasteiger partial charge in [0, 0.05) is 6.04 Å². The molecule has 2 bridgehead atoms. The van der Waals surface area contributed by atoms with Crippen molar-refractivity contribution in [1.29, 1.82) is 0 Å². The first-order valence-corrected chi connectivity index (χ1v) is 6.29. The van der Waals surface area contributed by atoms with Gasteiger partial charge in [0.15, 0.2) is 0 Å². The molecule has 1 heterocycles. The molecule has 2 fully saturated rings. The molecule has 3 unspecified atom stereocenters.